The molecule has 0 amide bonds. The van der Waals surface area contributed by atoms with Crippen LogP contribution in [0.3, 0.4) is 0 Å². The first-order valence-corrected chi connectivity index (χ1v) is 16.3. The average Bonchev–Trinajstić information content (AvgIpc) is 3.09. The molecule has 2 fully saturated rings. The molecule has 2 aliphatic rings. The summed E-state index contributed by atoms with van der Waals surface area (Å²) in [5.41, 5.74) is 0.899. The Morgan fingerprint density at radius 1 is 0.644 bits per heavy atom. The van der Waals surface area contributed by atoms with Gasteiger partial charge in [-0.25, -0.2) is 19.5 Å². The van der Waals surface area contributed by atoms with E-state index in [0.717, 1.165) is 39.0 Å². The smallest absolute Gasteiger partial charge is 0.267 e. The van der Waals surface area contributed by atoms with Crippen LogP contribution in [-0.2, 0) is 0 Å². The quantitative estimate of drug-likeness (QED) is 0.194. The molecule has 0 saturated carbocycles. The summed E-state index contributed by atoms with van der Waals surface area (Å²) in [5, 5.41) is 1.06. The largest absolute Gasteiger partial charge is 0.493 e. The van der Waals surface area contributed by atoms with E-state index < -0.39 is 0 Å². The van der Waals surface area contributed by atoms with E-state index >= 15 is 0 Å². The van der Waals surface area contributed by atoms with Crippen molar-refractivity contribution in [1.29, 1.82) is 0 Å². The molecule has 0 atom stereocenters. The summed E-state index contributed by atoms with van der Waals surface area (Å²) in [6, 6.07) is 7.14. The molecule has 0 bridgehead atoms. The van der Waals surface area contributed by atoms with Crippen LogP contribution in [0.25, 0.3) is 27.6 Å². The van der Waals surface area contributed by atoms with E-state index in [1.54, 1.807) is 26.4 Å². The molecule has 11 heteroatoms. The van der Waals surface area contributed by atoms with Crippen molar-refractivity contribution in [2.24, 2.45) is 0 Å². The van der Waals surface area contributed by atoms with Crippen LogP contribution in [0.4, 0.5) is 0 Å². The molecule has 2 saturated heterocycles. The van der Waals surface area contributed by atoms with Gasteiger partial charge in [0.2, 0.25) is 0 Å². The van der Waals surface area contributed by atoms with Gasteiger partial charge in [-0.1, -0.05) is 12.8 Å². The van der Waals surface area contributed by atoms with Gasteiger partial charge in [0.05, 0.1) is 43.9 Å². The first-order valence-electron chi connectivity index (χ1n) is 16.3. The van der Waals surface area contributed by atoms with E-state index in [-0.39, 0.29) is 5.56 Å². The minimum absolute atomic E-state index is 0.271. The van der Waals surface area contributed by atoms with Crippen LogP contribution in [0, 0.1) is 0 Å². The molecule has 0 aliphatic carbocycles. The Kier molecular flexibility index (Phi) is 10.3. The highest BCUT2D eigenvalue weighted by Gasteiger charge is 2.18. The molecule has 2 aromatic heterocycles. The SMILES string of the molecule is COc1cc2c(-n3cnc4cc(OCCCN5CCCCC5)c(OC)cc4c3=O)ncnc2cc1OCCCN1CCCCC1. The van der Waals surface area contributed by atoms with E-state index in [9.17, 15) is 4.79 Å². The van der Waals surface area contributed by atoms with Crippen LogP contribution in [0.15, 0.2) is 41.7 Å². The fourth-order valence-corrected chi connectivity index (χ4v) is 6.37. The lowest BCUT2D eigenvalue weighted by molar-refractivity contribution is 0.203. The number of aromatic nitrogens is 4. The molecule has 4 aromatic rings. The normalized spacial score (nSPS) is 16.2. The van der Waals surface area contributed by atoms with Crippen LogP contribution >= 0.6 is 0 Å². The van der Waals surface area contributed by atoms with Gasteiger partial charge in [0, 0.05) is 30.6 Å². The number of nitrogens with zero attached hydrogens (tertiary/aromatic N) is 6. The molecule has 0 spiro atoms. The van der Waals surface area contributed by atoms with Crippen LogP contribution < -0.4 is 24.5 Å². The van der Waals surface area contributed by atoms with E-state index in [1.807, 2.05) is 12.1 Å². The lowest BCUT2D eigenvalue weighted by atomic mass is 10.1. The van der Waals surface area contributed by atoms with Crippen LogP contribution in [0.5, 0.6) is 23.0 Å². The molecule has 0 N–H and O–H groups in total. The lowest BCUT2D eigenvalue weighted by Crippen LogP contribution is -2.31. The number of hydrogen-bond donors (Lipinski definition) is 0. The summed E-state index contributed by atoms with van der Waals surface area (Å²) in [5.74, 6) is 2.65. The Morgan fingerprint density at radius 2 is 1.18 bits per heavy atom. The summed E-state index contributed by atoms with van der Waals surface area (Å²) < 4.78 is 25.0. The summed E-state index contributed by atoms with van der Waals surface area (Å²) in [7, 11) is 3.18. The number of fused-ring (bicyclic) bond motifs is 2. The number of likely N-dealkylation sites (tertiary alicyclic amines) is 2. The van der Waals surface area contributed by atoms with Gasteiger partial charge in [0.25, 0.3) is 5.56 Å². The lowest BCUT2D eigenvalue weighted by Gasteiger charge is -2.26. The van der Waals surface area contributed by atoms with Crippen LogP contribution in [0.2, 0.25) is 0 Å². The second-order valence-electron chi connectivity index (χ2n) is 11.9. The molecule has 45 heavy (non-hydrogen) atoms. The second-order valence-corrected chi connectivity index (χ2v) is 11.9. The van der Waals surface area contributed by atoms with Crippen molar-refractivity contribution in [3.8, 4) is 28.8 Å². The Hall–Kier alpha value is -3.96. The number of benzene rings is 2. The van der Waals surface area contributed by atoms with Crippen molar-refractivity contribution in [2.45, 2.75) is 51.4 Å². The Morgan fingerprint density at radius 3 is 1.73 bits per heavy atom. The zero-order valence-corrected chi connectivity index (χ0v) is 26.5. The van der Waals surface area contributed by atoms with E-state index in [4.69, 9.17) is 18.9 Å². The van der Waals surface area contributed by atoms with E-state index in [1.165, 1.54) is 68.8 Å². The third kappa shape index (κ3) is 7.31. The van der Waals surface area contributed by atoms with Gasteiger partial charge in [-0.15, -0.1) is 0 Å². The first-order chi connectivity index (χ1) is 22.1. The van der Waals surface area contributed by atoms with Gasteiger partial charge in [0.15, 0.2) is 28.8 Å². The first kappa shape index (κ1) is 31.0. The molecule has 6 rings (SSSR count). The summed E-state index contributed by atoms with van der Waals surface area (Å²) >= 11 is 0. The maximum absolute atomic E-state index is 13.8. The van der Waals surface area contributed by atoms with Gasteiger partial charge in [0.1, 0.15) is 12.7 Å². The molecule has 2 aromatic carbocycles. The van der Waals surface area contributed by atoms with E-state index in [0.29, 0.717) is 63.8 Å². The highest BCUT2D eigenvalue weighted by Crippen LogP contribution is 2.34. The number of methoxy groups -OCH3 is 2. The minimum atomic E-state index is -0.271. The molecule has 240 valence electrons. The average molecular weight is 617 g/mol. The highest BCUT2D eigenvalue weighted by molar-refractivity contribution is 5.89. The summed E-state index contributed by atoms with van der Waals surface area (Å²) in [6.45, 7) is 7.85. The Balaban J connectivity index is 1.20. The minimum Gasteiger partial charge on any atom is -0.493 e. The molecular formula is C34H44N6O5. The zero-order chi connectivity index (χ0) is 31.0. The number of hydrogen-bond acceptors (Lipinski definition) is 10. The number of piperidine rings is 2. The van der Waals surface area contributed by atoms with Crippen molar-refractivity contribution in [3.05, 3.63) is 47.3 Å². The Bertz CT molecular complexity index is 1650. The van der Waals surface area contributed by atoms with Crippen molar-refractivity contribution in [2.75, 3.05) is 66.7 Å². The van der Waals surface area contributed by atoms with Gasteiger partial charge < -0.3 is 28.7 Å². The topological polar surface area (TPSA) is 104 Å². The molecular weight excluding hydrogens is 572 g/mol. The van der Waals surface area contributed by atoms with Crippen molar-refractivity contribution in [1.82, 2.24) is 29.3 Å². The van der Waals surface area contributed by atoms with Crippen molar-refractivity contribution >= 4 is 21.8 Å². The highest BCUT2D eigenvalue weighted by atomic mass is 16.5. The molecule has 4 heterocycles. The fraction of sp³-hybridized carbons (Fsp3) is 0.529. The summed E-state index contributed by atoms with van der Waals surface area (Å²) in [4.78, 5) is 32.4. The van der Waals surface area contributed by atoms with Gasteiger partial charge in [-0.05, 0) is 76.8 Å². The van der Waals surface area contributed by atoms with Crippen molar-refractivity contribution in [3.63, 3.8) is 0 Å². The third-order valence-electron chi connectivity index (χ3n) is 8.82. The Labute approximate surface area is 264 Å². The maximum Gasteiger partial charge on any atom is 0.267 e. The third-order valence-corrected chi connectivity index (χ3v) is 8.82. The van der Waals surface area contributed by atoms with Gasteiger partial charge >= 0.3 is 0 Å². The van der Waals surface area contributed by atoms with Crippen LogP contribution in [-0.4, -0.2) is 96.0 Å². The maximum atomic E-state index is 13.8. The predicted molar refractivity (Wildman–Crippen MR) is 174 cm³/mol. The van der Waals surface area contributed by atoms with Crippen molar-refractivity contribution < 1.29 is 18.9 Å². The number of ether oxygens (including phenoxy) is 4. The van der Waals surface area contributed by atoms with Gasteiger partial charge in [-0.3, -0.25) is 4.79 Å². The van der Waals surface area contributed by atoms with E-state index in [2.05, 4.69) is 24.8 Å². The predicted octanol–water partition coefficient (Wildman–Crippen LogP) is 4.86. The standard InChI is InChI=1S/C34H44N6O5/c1-42-29-19-25-27(21-31(29)44-17-9-15-38-11-5-3-6-12-38)35-23-36-33(25)40-24-37-28-22-32(30(43-2)20-26(28)34(40)41)45-18-10-16-39-13-7-4-8-14-39/h19-24H,3-18H2,1-2H3. The second kappa shape index (κ2) is 14.9. The molecule has 0 radical (unpaired) electrons. The molecule has 2 aliphatic heterocycles. The molecule has 11 nitrogen and oxygen atoms in total. The monoisotopic (exact) mass is 616 g/mol. The fourth-order valence-electron chi connectivity index (χ4n) is 6.37. The summed E-state index contributed by atoms with van der Waals surface area (Å²) in [6.07, 6.45) is 12.6. The van der Waals surface area contributed by atoms with Gasteiger partial charge in [-0.2, -0.15) is 0 Å². The molecule has 0 unspecified atom stereocenters. The van der Waals surface area contributed by atoms with Crippen LogP contribution in [0.1, 0.15) is 51.4 Å². The zero-order valence-electron chi connectivity index (χ0n) is 26.5. The number of rotatable bonds is 13.